The minimum Gasteiger partial charge on any atom is -0.329 e. The number of aromatic nitrogens is 4. The van der Waals surface area contributed by atoms with Gasteiger partial charge in [-0.2, -0.15) is 23.4 Å². The van der Waals surface area contributed by atoms with Crippen LogP contribution in [-0.4, -0.2) is 36.9 Å². The molecular formula is C16H19ClF3N5O. The smallest absolute Gasteiger partial charge is 0.329 e. The van der Waals surface area contributed by atoms with Crippen LogP contribution in [-0.2, 0) is 20.3 Å². The van der Waals surface area contributed by atoms with Crippen molar-refractivity contribution in [2.45, 2.75) is 37.9 Å². The summed E-state index contributed by atoms with van der Waals surface area (Å²) >= 11 is 6.09. The van der Waals surface area contributed by atoms with Crippen molar-refractivity contribution in [3.05, 3.63) is 34.4 Å². The van der Waals surface area contributed by atoms with Crippen LogP contribution in [0.4, 0.5) is 13.2 Å². The maximum Gasteiger partial charge on any atom is 0.435 e. The maximum absolute atomic E-state index is 13.1. The Hall–Kier alpha value is -2.03. The molecule has 0 N–H and O–H groups in total. The van der Waals surface area contributed by atoms with E-state index in [1.165, 1.54) is 22.6 Å². The Balaban J connectivity index is 2.01. The number of amides is 1. The quantitative estimate of drug-likeness (QED) is 0.788. The molecule has 3 rings (SSSR count). The summed E-state index contributed by atoms with van der Waals surface area (Å²) in [7, 11) is 3.08. The van der Waals surface area contributed by atoms with Crippen LogP contribution in [0.25, 0.3) is 0 Å². The highest BCUT2D eigenvalue weighted by atomic mass is 35.5. The molecule has 142 valence electrons. The van der Waals surface area contributed by atoms with Gasteiger partial charge in [-0.1, -0.05) is 24.4 Å². The van der Waals surface area contributed by atoms with Crippen molar-refractivity contribution >= 4 is 17.5 Å². The molecule has 0 spiro atoms. The van der Waals surface area contributed by atoms with Crippen molar-refractivity contribution in [1.29, 1.82) is 0 Å². The van der Waals surface area contributed by atoms with Gasteiger partial charge in [-0.3, -0.25) is 14.2 Å². The van der Waals surface area contributed by atoms with E-state index in [2.05, 4.69) is 10.2 Å². The van der Waals surface area contributed by atoms with E-state index in [4.69, 9.17) is 11.6 Å². The molecule has 0 bridgehead atoms. The van der Waals surface area contributed by atoms with Gasteiger partial charge in [0.25, 0.3) is 5.91 Å². The lowest BCUT2D eigenvalue weighted by molar-refractivity contribution is -0.141. The van der Waals surface area contributed by atoms with Gasteiger partial charge >= 0.3 is 6.18 Å². The molecule has 0 radical (unpaired) electrons. The van der Waals surface area contributed by atoms with Crippen LogP contribution in [0.2, 0.25) is 5.02 Å². The van der Waals surface area contributed by atoms with Gasteiger partial charge in [-0.05, 0) is 18.9 Å². The molecule has 1 amide bonds. The standard InChI is InChI=1S/C16H19ClF3N5O/c1-23-12(8-13(22-23)16(18,19)20)11-6-4-3-5-7-25(11)15(26)14-10(17)9-21-24(14)2/h8-9,11H,3-7H2,1-2H3. The lowest BCUT2D eigenvalue weighted by Crippen LogP contribution is -2.37. The van der Waals surface area contributed by atoms with Crippen molar-refractivity contribution in [2.75, 3.05) is 6.54 Å². The van der Waals surface area contributed by atoms with E-state index in [-0.39, 0.29) is 16.6 Å². The van der Waals surface area contributed by atoms with E-state index in [0.29, 0.717) is 18.7 Å². The Morgan fingerprint density at radius 2 is 1.96 bits per heavy atom. The molecule has 1 aliphatic rings. The molecule has 3 heterocycles. The largest absolute Gasteiger partial charge is 0.435 e. The lowest BCUT2D eigenvalue weighted by atomic mass is 10.1. The van der Waals surface area contributed by atoms with Crippen molar-refractivity contribution in [2.24, 2.45) is 14.1 Å². The number of nitrogens with zero attached hydrogens (tertiary/aromatic N) is 5. The van der Waals surface area contributed by atoms with Crippen LogP contribution in [0.15, 0.2) is 12.3 Å². The van der Waals surface area contributed by atoms with Crippen LogP contribution in [0, 0.1) is 0 Å². The van der Waals surface area contributed by atoms with Gasteiger partial charge in [0.1, 0.15) is 5.69 Å². The molecule has 6 nitrogen and oxygen atoms in total. The third kappa shape index (κ3) is 3.44. The zero-order valence-electron chi connectivity index (χ0n) is 14.4. The van der Waals surface area contributed by atoms with Crippen LogP contribution in [0.1, 0.15) is 53.6 Å². The summed E-state index contributed by atoms with van der Waals surface area (Å²) < 4.78 is 41.7. The maximum atomic E-state index is 13.1. The topological polar surface area (TPSA) is 56.0 Å². The van der Waals surface area contributed by atoms with Gasteiger partial charge in [0, 0.05) is 20.6 Å². The summed E-state index contributed by atoms with van der Waals surface area (Å²) in [5.74, 6) is -0.336. The fourth-order valence-electron chi connectivity index (χ4n) is 3.38. The highest BCUT2D eigenvalue weighted by molar-refractivity contribution is 6.33. The minimum absolute atomic E-state index is 0.224. The number of hydrogen-bond donors (Lipinski definition) is 0. The zero-order valence-corrected chi connectivity index (χ0v) is 15.2. The predicted molar refractivity (Wildman–Crippen MR) is 88.7 cm³/mol. The van der Waals surface area contributed by atoms with Crippen LogP contribution in [0.5, 0.6) is 0 Å². The van der Waals surface area contributed by atoms with Crippen LogP contribution in [0.3, 0.4) is 0 Å². The fraction of sp³-hybridized carbons (Fsp3) is 0.562. The third-order valence-electron chi connectivity index (χ3n) is 4.66. The Morgan fingerprint density at radius 1 is 1.23 bits per heavy atom. The molecule has 1 unspecified atom stereocenters. The van der Waals surface area contributed by atoms with Crippen molar-refractivity contribution in [3.63, 3.8) is 0 Å². The SMILES string of the molecule is Cn1nc(C(F)(F)F)cc1C1CCCCCN1C(=O)c1c(Cl)cnn1C. The minimum atomic E-state index is -4.53. The molecule has 1 aliphatic heterocycles. The second-order valence-corrected chi connectivity index (χ2v) is 6.81. The second-order valence-electron chi connectivity index (χ2n) is 6.40. The summed E-state index contributed by atoms with van der Waals surface area (Å²) in [5, 5.41) is 7.79. The van der Waals surface area contributed by atoms with E-state index >= 15 is 0 Å². The normalized spacial score (nSPS) is 18.8. The molecule has 2 aromatic rings. The summed E-state index contributed by atoms with van der Waals surface area (Å²) in [6.45, 7) is 0.442. The summed E-state index contributed by atoms with van der Waals surface area (Å²) in [5.41, 5.74) is -0.354. The molecule has 1 fully saturated rings. The first kappa shape index (κ1) is 18.8. The number of carbonyl (C=O) groups excluding carboxylic acids is 1. The highest BCUT2D eigenvalue weighted by Gasteiger charge is 2.38. The number of rotatable bonds is 2. The molecule has 1 atom stereocenters. The Bertz CT molecular complexity index is 794. The number of alkyl halides is 3. The van der Waals surface area contributed by atoms with Crippen molar-refractivity contribution in [3.8, 4) is 0 Å². The average molecular weight is 390 g/mol. The molecular weight excluding hydrogens is 371 g/mol. The number of aryl methyl sites for hydroxylation is 2. The van der Waals surface area contributed by atoms with Gasteiger partial charge < -0.3 is 4.90 Å². The first-order chi connectivity index (χ1) is 12.2. The first-order valence-electron chi connectivity index (χ1n) is 8.29. The third-order valence-corrected chi connectivity index (χ3v) is 4.93. The molecule has 10 heteroatoms. The Labute approximate surface area is 153 Å². The average Bonchev–Trinajstić information content (AvgIpc) is 3.00. The van der Waals surface area contributed by atoms with Gasteiger partial charge in [-0.25, -0.2) is 0 Å². The molecule has 0 aliphatic carbocycles. The van der Waals surface area contributed by atoms with Gasteiger partial charge in [0.2, 0.25) is 0 Å². The predicted octanol–water partition coefficient (Wildman–Crippen LogP) is 3.58. The first-order valence-corrected chi connectivity index (χ1v) is 8.67. The van der Waals surface area contributed by atoms with Crippen LogP contribution < -0.4 is 0 Å². The van der Waals surface area contributed by atoms with Gasteiger partial charge in [-0.15, -0.1) is 0 Å². The van der Waals surface area contributed by atoms with E-state index < -0.39 is 17.9 Å². The highest BCUT2D eigenvalue weighted by Crippen LogP contribution is 2.35. The second kappa shape index (κ2) is 6.94. The number of carbonyl (C=O) groups is 1. The Kier molecular flexibility index (Phi) is 5.01. The fourth-order valence-corrected chi connectivity index (χ4v) is 3.63. The van der Waals surface area contributed by atoms with E-state index in [0.717, 1.165) is 25.3 Å². The molecule has 1 saturated heterocycles. The summed E-state index contributed by atoms with van der Waals surface area (Å²) in [4.78, 5) is 14.7. The van der Waals surface area contributed by atoms with E-state index in [9.17, 15) is 18.0 Å². The van der Waals surface area contributed by atoms with Crippen LogP contribution >= 0.6 is 11.6 Å². The van der Waals surface area contributed by atoms with Crippen molar-refractivity contribution in [1.82, 2.24) is 24.5 Å². The zero-order chi connectivity index (χ0) is 19.1. The molecule has 0 aromatic carbocycles. The summed E-state index contributed by atoms with van der Waals surface area (Å²) in [6.07, 6.45) is -0.0718. The molecule has 2 aromatic heterocycles. The van der Waals surface area contributed by atoms with E-state index in [1.807, 2.05) is 0 Å². The molecule has 26 heavy (non-hydrogen) atoms. The number of likely N-dealkylation sites (tertiary alicyclic amines) is 1. The van der Waals surface area contributed by atoms with Gasteiger partial charge in [0.05, 0.1) is 23.0 Å². The lowest BCUT2D eigenvalue weighted by Gasteiger charge is -2.30. The van der Waals surface area contributed by atoms with E-state index in [1.54, 1.807) is 11.9 Å². The van der Waals surface area contributed by atoms with Gasteiger partial charge in [0.15, 0.2) is 5.69 Å². The summed E-state index contributed by atoms with van der Waals surface area (Å²) in [6, 6.07) is 0.533. The Morgan fingerprint density at radius 3 is 2.54 bits per heavy atom. The number of hydrogen-bond acceptors (Lipinski definition) is 3. The van der Waals surface area contributed by atoms with Crippen molar-refractivity contribution < 1.29 is 18.0 Å². The monoisotopic (exact) mass is 389 g/mol. The number of halogens is 4. The molecule has 0 saturated carbocycles.